The highest BCUT2D eigenvalue weighted by Crippen LogP contribution is 2.30. The minimum atomic E-state index is 0.719. The van der Waals surface area contributed by atoms with Gasteiger partial charge in [0.25, 0.3) is 0 Å². The summed E-state index contributed by atoms with van der Waals surface area (Å²) in [5.74, 6) is 9.55. The van der Waals surface area contributed by atoms with Gasteiger partial charge in [-0.3, -0.25) is 0 Å². The highest BCUT2D eigenvalue weighted by molar-refractivity contribution is 5.56. The number of rotatable bonds is 5. The first-order valence-corrected chi connectivity index (χ1v) is 7.73. The van der Waals surface area contributed by atoms with Crippen molar-refractivity contribution in [3.63, 3.8) is 0 Å². The average Bonchev–Trinajstić information content (AvgIpc) is 2.47. The van der Waals surface area contributed by atoms with Crippen molar-refractivity contribution in [2.45, 2.75) is 52.9 Å². The van der Waals surface area contributed by atoms with E-state index in [1.165, 1.54) is 25.7 Å². The highest BCUT2D eigenvalue weighted by Gasteiger charge is 2.21. The number of anilines is 2. The Bertz CT molecular complexity index is 446. The van der Waals surface area contributed by atoms with E-state index >= 15 is 0 Å². The van der Waals surface area contributed by atoms with E-state index in [4.69, 9.17) is 5.84 Å². The van der Waals surface area contributed by atoms with Gasteiger partial charge in [-0.25, -0.2) is 15.8 Å². The van der Waals surface area contributed by atoms with Crippen molar-refractivity contribution >= 4 is 11.6 Å². The molecule has 2 rings (SSSR count). The molecule has 0 bridgehead atoms. The predicted octanol–water partition coefficient (Wildman–Crippen LogP) is 2.87. The van der Waals surface area contributed by atoms with Crippen molar-refractivity contribution in [2.75, 3.05) is 17.3 Å². The first-order chi connectivity index (χ1) is 9.65. The maximum Gasteiger partial charge on any atom is 0.148 e. The van der Waals surface area contributed by atoms with E-state index in [0.29, 0.717) is 0 Å². The van der Waals surface area contributed by atoms with Gasteiger partial charge in [0.05, 0.1) is 0 Å². The number of hydrazine groups is 1. The van der Waals surface area contributed by atoms with Crippen LogP contribution in [0, 0.1) is 18.8 Å². The number of nitrogens with one attached hydrogen (secondary N) is 2. The third-order valence-electron chi connectivity index (χ3n) is 4.47. The maximum atomic E-state index is 5.54. The number of aryl methyl sites for hydroxylation is 1. The fourth-order valence-corrected chi connectivity index (χ4v) is 2.96. The van der Waals surface area contributed by atoms with E-state index < -0.39 is 0 Å². The molecule has 112 valence electrons. The van der Waals surface area contributed by atoms with Crippen LogP contribution < -0.4 is 16.6 Å². The fourth-order valence-electron chi connectivity index (χ4n) is 2.96. The average molecular weight is 277 g/mol. The summed E-state index contributed by atoms with van der Waals surface area (Å²) in [4.78, 5) is 8.98. The summed E-state index contributed by atoms with van der Waals surface area (Å²) >= 11 is 0. The zero-order valence-electron chi connectivity index (χ0n) is 12.9. The quantitative estimate of drug-likeness (QED) is 0.570. The molecular weight excluding hydrogens is 250 g/mol. The van der Waals surface area contributed by atoms with Crippen LogP contribution in [0.25, 0.3) is 0 Å². The largest absolute Gasteiger partial charge is 0.369 e. The molecule has 1 fully saturated rings. The fraction of sp³-hybridized carbons (Fsp3) is 0.733. The smallest absolute Gasteiger partial charge is 0.148 e. The molecule has 0 spiro atoms. The maximum absolute atomic E-state index is 5.54. The summed E-state index contributed by atoms with van der Waals surface area (Å²) in [7, 11) is 0. The molecule has 1 saturated carbocycles. The molecule has 5 nitrogen and oxygen atoms in total. The van der Waals surface area contributed by atoms with Gasteiger partial charge in [-0.05, 0) is 25.2 Å². The predicted molar refractivity (Wildman–Crippen MR) is 83.6 cm³/mol. The van der Waals surface area contributed by atoms with E-state index in [-0.39, 0.29) is 0 Å². The molecule has 1 aliphatic rings. The monoisotopic (exact) mass is 277 g/mol. The zero-order chi connectivity index (χ0) is 14.5. The van der Waals surface area contributed by atoms with Crippen LogP contribution in [0.15, 0.2) is 0 Å². The van der Waals surface area contributed by atoms with Gasteiger partial charge in [0.1, 0.15) is 17.5 Å². The Kier molecular flexibility index (Phi) is 5.17. The molecule has 2 unspecified atom stereocenters. The second kappa shape index (κ2) is 6.88. The Morgan fingerprint density at radius 2 is 1.90 bits per heavy atom. The topological polar surface area (TPSA) is 75.9 Å². The van der Waals surface area contributed by atoms with Gasteiger partial charge < -0.3 is 10.7 Å². The lowest BCUT2D eigenvalue weighted by Crippen LogP contribution is -2.25. The van der Waals surface area contributed by atoms with Crippen molar-refractivity contribution in [2.24, 2.45) is 17.7 Å². The van der Waals surface area contributed by atoms with Gasteiger partial charge in [-0.15, -0.1) is 0 Å². The molecule has 1 aliphatic carbocycles. The summed E-state index contributed by atoms with van der Waals surface area (Å²) in [6, 6.07) is 0. The second-order valence-electron chi connectivity index (χ2n) is 5.86. The SMILES string of the molecule is CCc1nc(NN)c(C)c(NCC2CCCCC2C)n1. The molecule has 0 aliphatic heterocycles. The molecule has 1 aromatic rings. The van der Waals surface area contributed by atoms with Crippen molar-refractivity contribution in [3.05, 3.63) is 11.4 Å². The molecule has 0 radical (unpaired) electrons. The minimum absolute atomic E-state index is 0.719. The lowest BCUT2D eigenvalue weighted by atomic mass is 9.80. The Morgan fingerprint density at radius 3 is 2.55 bits per heavy atom. The van der Waals surface area contributed by atoms with Crippen molar-refractivity contribution in [1.29, 1.82) is 0 Å². The molecule has 0 aromatic carbocycles. The van der Waals surface area contributed by atoms with Crippen molar-refractivity contribution in [1.82, 2.24) is 9.97 Å². The van der Waals surface area contributed by atoms with Crippen LogP contribution in [0.3, 0.4) is 0 Å². The molecule has 0 saturated heterocycles. The van der Waals surface area contributed by atoms with Crippen molar-refractivity contribution < 1.29 is 0 Å². The number of nitrogens with two attached hydrogens (primary N) is 1. The number of aromatic nitrogens is 2. The number of nitrogens with zero attached hydrogens (tertiary/aromatic N) is 2. The minimum Gasteiger partial charge on any atom is -0.369 e. The summed E-state index contributed by atoms with van der Waals surface area (Å²) < 4.78 is 0. The van der Waals surface area contributed by atoms with Crippen molar-refractivity contribution in [3.8, 4) is 0 Å². The summed E-state index contributed by atoms with van der Waals surface area (Å²) in [5, 5.41) is 3.52. The molecule has 0 amide bonds. The van der Waals surface area contributed by atoms with Gasteiger partial charge >= 0.3 is 0 Å². The van der Waals surface area contributed by atoms with Gasteiger partial charge in [0.2, 0.25) is 0 Å². The van der Waals surface area contributed by atoms with E-state index in [2.05, 4.69) is 34.6 Å². The van der Waals surface area contributed by atoms with Crippen LogP contribution in [0.1, 0.15) is 50.9 Å². The van der Waals surface area contributed by atoms with Crippen LogP contribution in [0.5, 0.6) is 0 Å². The first-order valence-electron chi connectivity index (χ1n) is 7.73. The summed E-state index contributed by atoms with van der Waals surface area (Å²) in [5.41, 5.74) is 3.66. The normalized spacial score (nSPS) is 22.6. The van der Waals surface area contributed by atoms with Crippen LogP contribution in [-0.4, -0.2) is 16.5 Å². The summed E-state index contributed by atoms with van der Waals surface area (Å²) in [6.45, 7) is 7.41. The van der Waals surface area contributed by atoms with E-state index in [1.54, 1.807) is 0 Å². The Labute approximate surface area is 121 Å². The molecular formula is C15H27N5. The first kappa shape index (κ1) is 15.0. The lowest BCUT2D eigenvalue weighted by molar-refractivity contribution is 0.268. The van der Waals surface area contributed by atoms with Crippen LogP contribution in [-0.2, 0) is 6.42 Å². The molecule has 5 heteroatoms. The lowest BCUT2D eigenvalue weighted by Gasteiger charge is -2.29. The standard InChI is InChI=1S/C15H27N5/c1-4-13-18-14(11(3)15(19-13)20-16)17-9-12-8-6-5-7-10(12)2/h10,12H,4-9,16H2,1-3H3,(H2,17,18,19,20). The third-order valence-corrected chi connectivity index (χ3v) is 4.47. The van der Waals surface area contributed by atoms with E-state index in [0.717, 1.165) is 47.8 Å². The van der Waals surface area contributed by atoms with Crippen LogP contribution in [0.4, 0.5) is 11.6 Å². The van der Waals surface area contributed by atoms with Crippen LogP contribution >= 0.6 is 0 Å². The Hall–Kier alpha value is -1.36. The van der Waals surface area contributed by atoms with Gasteiger partial charge in [0.15, 0.2) is 0 Å². The number of nitrogen functional groups attached to an aromatic ring is 1. The molecule has 4 N–H and O–H groups in total. The van der Waals surface area contributed by atoms with Gasteiger partial charge in [0, 0.05) is 18.5 Å². The second-order valence-corrected chi connectivity index (χ2v) is 5.86. The molecule has 1 heterocycles. The molecule has 20 heavy (non-hydrogen) atoms. The number of hydrogen-bond acceptors (Lipinski definition) is 5. The van der Waals surface area contributed by atoms with Crippen LogP contribution in [0.2, 0.25) is 0 Å². The molecule has 2 atom stereocenters. The van der Waals surface area contributed by atoms with E-state index in [1.807, 2.05) is 6.92 Å². The van der Waals surface area contributed by atoms with Gasteiger partial charge in [-0.2, -0.15) is 0 Å². The zero-order valence-corrected chi connectivity index (χ0v) is 12.9. The third kappa shape index (κ3) is 3.39. The van der Waals surface area contributed by atoms with E-state index in [9.17, 15) is 0 Å². The Balaban J connectivity index is 2.08. The van der Waals surface area contributed by atoms with Gasteiger partial charge in [-0.1, -0.05) is 33.1 Å². The summed E-state index contributed by atoms with van der Waals surface area (Å²) in [6.07, 6.45) is 6.22. The highest BCUT2D eigenvalue weighted by atomic mass is 15.3. The Morgan fingerprint density at radius 1 is 1.20 bits per heavy atom. The number of hydrogen-bond donors (Lipinski definition) is 3. The molecule has 1 aromatic heterocycles.